The van der Waals surface area contributed by atoms with Gasteiger partial charge in [-0.25, -0.2) is 4.79 Å². The van der Waals surface area contributed by atoms with E-state index in [4.69, 9.17) is 10.8 Å². The molecule has 0 aromatic heterocycles. The van der Waals surface area contributed by atoms with Gasteiger partial charge in [-0.05, 0) is 5.56 Å². The van der Waals surface area contributed by atoms with Crippen LogP contribution >= 0.6 is 11.8 Å². The molecule has 0 saturated heterocycles. The van der Waals surface area contributed by atoms with Gasteiger partial charge >= 0.3 is 5.97 Å². The quantitative estimate of drug-likeness (QED) is 0.572. The lowest BCUT2D eigenvalue weighted by Gasteiger charge is -2.14. The Morgan fingerprint density at radius 3 is 2.48 bits per heavy atom. The standard InChI is InChI=1S/C14H18N2O4S/c15-12(17)9-21-7-6-13(18)16-11(14(19)20)8-10-4-2-1-3-5-10/h1-5,11H,6-9H2,(H2,15,17)(H,16,18)(H,19,20)/t11-/m0/s1. The van der Waals surface area contributed by atoms with Crippen molar-refractivity contribution in [2.24, 2.45) is 5.73 Å². The number of nitrogens with two attached hydrogens (primary N) is 1. The summed E-state index contributed by atoms with van der Waals surface area (Å²) in [6.45, 7) is 0. The molecule has 0 unspecified atom stereocenters. The molecular weight excluding hydrogens is 292 g/mol. The van der Waals surface area contributed by atoms with Gasteiger partial charge < -0.3 is 16.2 Å². The average Bonchev–Trinajstić information content (AvgIpc) is 2.44. The highest BCUT2D eigenvalue weighted by molar-refractivity contribution is 7.99. The van der Waals surface area contributed by atoms with Crippen molar-refractivity contribution in [2.75, 3.05) is 11.5 Å². The van der Waals surface area contributed by atoms with Crippen molar-refractivity contribution in [3.05, 3.63) is 35.9 Å². The molecule has 1 aromatic carbocycles. The Hall–Kier alpha value is -2.02. The van der Waals surface area contributed by atoms with Gasteiger partial charge in [-0.15, -0.1) is 0 Å². The van der Waals surface area contributed by atoms with Crippen molar-refractivity contribution in [1.29, 1.82) is 0 Å². The van der Waals surface area contributed by atoms with Gasteiger partial charge in [-0.1, -0.05) is 30.3 Å². The molecule has 0 radical (unpaired) electrons. The molecule has 114 valence electrons. The van der Waals surface area contributed by atoms with Crippen molar-refractivity contribution in [1.82, 2.24) is 5.32 Å². The van der Waals surface area contributed by atoms with Gasteiger partial charge in [0, 0.05) is 18.6 Å². The van der Waals surface area contributed by atoms with Gasteiger partial charge in [0.05, 0.1) is 5.75 Å². The molecule has 0 fully saturated rings. The molecule has 1 rings (SSSR count). The van der Waals surface area contributed by atoms with E-state index >= 15 is 0 Å². The highest BCUT2D eigenvalue weighted by atomic mass is 32.2. The Bertz CT molecular complexity index is 493. The molecule has 0 spiro atoms. The summed E-state index contributed by atoms with van der Waals surface area (Å²) in [6.07, 6.45) is 0.382. The van der Waals surface area contributed by atoms with Crippen molar-refractivity contribution >= 4 is 29.5 Å². The molecule has 1 atom stereocenters. The van der Waals surface area contributed by atoms with E-state index in [0.29, 0.717) is 5.75 Å². The maximum Gasteiger partial charge on any atom is 0.326 e. The molecule has 7 heteroatoms. The number of primary amides is 1. The topological polar surface area (TPSA) is 109 Å². The third-order valence-electron chi connectivity index (χ3n) is 2.63. The lowest BCUT2D eigenvalue weighted by molar-refractivity contribution is -0.141. The van der Waals surface area contributed by atoms with Gasteiger partial charge in [0.2, 0.25) is 11.8 Å². The highest BCUT2D eigenvalue weighted by Gasteiger charge is 2.20. The number of carbonyl (C=O) groups is 3. The fraction of sp³-hybridized carbons (Fsp3) is 0.357. The van der Waals surface area contributed by atoms with E-state index in [1.807, 2.05) is 30.3 Å². The van der Waals surface area contributed by atoms with Crippen molar-refractivity contribution in [3.8, 4) is 0 Å². The number of benzene rings is 1. The van der Waals surface area contributed by atoms with Crippen LogP contribution in [-0.2, 0) is 20.8 Å². The van der Waals surface area contributed by atoms with Gasteiger partial charge in [-0.2, -0.15) is 11.8 Å². The number of nitrogens with one attached hydrogen (secondary N) is 1. The van der Waals surface area contributed by atoms with Crippen LogP contribution in [0.2, 0.25) is 0 Å². The molecular formula is C14H18N2O4S. The summed E-state index contributed by atoms with van der Waals surface area (Å²) in [6, 6.07) is 8.14. The zero-order chi connectivity index (χ0) is 15.7. The lowest BCUT2D eigenvalue weighted by Crippen LogP contribution is -2.42. The predicted molar refractivity (Wildman–Crippen MR) is 80.8 cm³/mol. The Morgan fingerprint density at radius 1 is 1.24 bits per heavy atom. The van der Waals surface area contributed by atoms with E-state index in [2.05, 4.69) is 5.32 Å². The second-order valence-electron chi connectivity index (χ2n) is 4.42. The van der Waals surface area contributed by atoms with Gasteiger partial charge in [0.1, 0.15) is 6.04 Å². The van der Waals surface area contributed by atoms with Crippen LogP contribution in [0.5, 0.6) is 0 Å². The van der Waals surface area contributed by atoms with Crippen molar-refractivity contribution in [2.45, 2.75) is 18.9 Å². The van der Waals surface area contributed by atoms with Crippen LogP contribution in [0.15, 0.2) is 30.3 Å². The van der Waals surface area contributed by atoms with Crippen LogP contribution in [0, 0.1) is 0 Å². The number of carbonyl (C=O) groups excluding carboxylic acids is 2. The van der Waals surface area contributed by atoms with Crippen LogP contribution in [0.4, 0.5) is 0 Å². The minimum absolute atomic E-state index is 0.149. The van der Waals surface area contributed by atoms with Crippen LogP contribution in [0.25, 0.3) is 0 Å². The van der Waals surface area contributed by atoms with Crippen LogP contribution < -0.4 is 11.1 Å². The maximum atomic E-state index is 11.7. The number of rotatable bonds is 9. The summed E-state index contributed by atoms with van der Waals surface area (Å²) < 4.78 is 0. The number of amides is 2. The lowest BCUT2D eigenvalue weighted by atomic mass is 10.1. The Kier molecular flexibility index (Phi) is 7.31. The smallest absolute Gasteiger partial charge is 0.326 e. The summed E-state index contributed by atoms with van der Waals surface area (Å²) in [4.78, 5) is 33.4. The van der Waals surface area contributed by atoms with Gasteiger partial charge in [0.25, 0.3) is 0 Å². The third kappa shape index (κ3) is 7.36. The number of aliphatic carboxylic acids is 1. The maximum absolute atomic E-state index is 11.7. The molecule has 2 amide bonds. The third-order valence-corrected chi connectivity index (χ3v) is 3.62. The zero-order valence-corrected chi connectivity index (χ0v) is 12.3. The number of carboxylic acids is 1. The first-order valence-corrected chi connectivity index (χ1v) is 7.56. The Labute approximate surface area is 127 Å². The molecule has 0 aliphatic carbocycles. The molecule has 6 nitrogen and oxygen atoms in total. The van der Waals surface area contributed by atoms with Crippen LogP contribution in [0.3, 0.4) is 0 Å². The van der Waals surface area contributed by atoms with Gasteiger partial charge in [-0.3, -0.25) is 9.59 Å². The summed E-state index contributed by atoms with van der Waals surface area (Å²) in [5, 5.41) is 11.6. The molecule has 0 heterocycles. The van der Waals surface area contributed by atoms with Gasteiger partial charge in [0.15, 0.2) is 0 Å². The van der Waals surface area contributed by atoms with E-state index in [0.717, 1.165) is 5.56 Å². The van der Waals surface area contributed by atoms with Crippen LogP contribution in [-0.4, -0.2) is 40.4 Å². The first-order valence-electron chi connectivity index (χ1n) is 6.41. The Balaban J connectivity index is 2.41. The zero-order valence-electron chi connectivity index (χ0n) is 11.5. The van der Waals surface area contributed by atoms with Crippen molar-refractivity contribution in [3.63, 3.8) is 0 Å². The summed E-state index contributed by atoms with van der Waals surface area (Å²) in [5.41, 5.74) is 5.82. The number of thioether (sulfide) groups is 1. The largest absolute Gasteiger partial charge is 0.480 e. The van der Waals surface area contributed by atoms with E-state index < -0.39 is 17.9 Å². The SMILES string of the molecule is NC(=O)CSCCC(=O)N[C@@H](Cc1ccccc1)C(=O)O. The molecule has 1 aromatic rings. The van der Waals surface area contributed by atoms with E-state index in [9.17, 15) is 14.4 Å². The first kappa shape index (κ1) is 17.0. The summed E-state index contributed by atoms with van der Waals surface area (Å²) in [5.74, 6) is -1.29. The summed E-state index contributed by atoms with van der Waals surface area (Å²) in [7, 11) is 0. The summed E-state index contributed by atoms with van der Waals surface area (Å²) >= 11 is 1.25. The number of carboxylic acid groups (broad SMARTS) is 1. The fourth-order valence-corrected chi connectivity index (χ4v) is 2.33. The molecule has 0 saturated carbocycles. The Morgan fingerprint density at radius 2 is 1.90 bits per heavy atom. The second kappa shape index (κ2) is 9.02. The molecule has 0 aliphatic rings. The number of hydrogen-bond acceptors (Lipinski definition) is 4. The minimum Gasteiger partial charge on any atom is -0.480 e. The van der Waals surface area contributed by atoms with E-state index in [-0.39, 0.29) is 24.5 Å². The first-order chi connectivity index (χ1) is 9.99. The number of hydrogen-bond donors (Lipinski definition) is 3. The second-order valence-corrected chi connectivity index (χ2v) is 5.52. The molecule has 0 bridgehead atoms. The van der Waals surface area contributed by atoms with Crippen LogP contribution in [0.1, 0.15) is 12.0 Å². The minimum atomic E-state index is -1.07. The predicted octanol–water partition coefficient (Wildman–Crippen LogP) is 0.407. The average molecular weight is 310 g/mol. The fourth-order valence-electron chi connectivity index (χ4n) is 1.65. The molecule has 21 heavy (non-hydrogen) atoms. The molecule has 0 aliphatic heterocycles. The molecule has 4 N–H and O–H groups in total. The normalized spacial score (nSPS) is 11.6. The van der Waals surface area contributed by atoms with E-state index in [1.54, 1.807) is 0 Å². The monoisotopic (exact) mass is 310 g/mol. The van der Waals surface area contributed by atoms with E-state index in [1.165, 1.54) is 11.8 Å². The van der Waals surface area contributed by atoms with Crippen molar-refractivity contribution < 1.29 is 19.5 Å². The highest BCUT2D eigenvalue weighted by Crippen LogP contribution is 2.05.